The van der Waals surface area contributed by atoms with Crippen molar-refractivity contribution in [2.75, 3.05) is 13.2 Å². The van der Waals surface area contributed by atoms with E-state index in [1.807, 2.05) is 0 Å². The van der Waals surface area contributed by atoms with Crippen molar-refractivity contribution in [1.82, 2.24) is 0 Å². The maximum Gasteiger partial charge on any atom is 0.333 e. The maximum absolute atomic E-state index is 11.8. The van der Waals surface area contributed by atoms with E-state index < -0.39 is 55.7 Å². The molecule has 162 valence electrons. The van der Waals surface area contributed by atoms with Gasteiger partial charge in [-0.25, -0.2) is 4.79 Å². The van der Waals surface area contributed by atoms with Crippen molar-refractivity contribution in [2.24, 2.45) is 5.92 Å². The van der Waals surface area contributed by atoms with Crippen LogP contribution < -0.4 is 0 Å². The van der Waals surface area contributed by atoms with Crippen LogP contribution in [0.1, 0.15) is 26.7 Å². The summed E-state index contributed by atoms with van der Waals surface area (Å²) >= 11 is 0. The third-order valence-electron chi connectivity index (χ3n) is 4.06. The largest absolute Gasteiger partial charge is 0.481 e. The molecule has 0 aromatic rings. The molecular formula is C18H30O10. The Balaban J connectivity index is 4.45. The number of carboxylic acids is 1. The quantitative estimate of drug-likeness (QED) is 0.106. The second-order valence-corrected chi connectivity index (χ2v) is 6.55. The first-order chi connectivity index (χ1) is 13.0. The molecule has 0 bridgehead atoms. The second-order valence-electron chi connectivity index (χ2n) is 6.55. The molecule has 10 heteroatoms. The Bertz CT molecular complexity index is 544. The van der Waals surface area contributed by atoms with Crippen LogP contribution in [0.4, 0.5) is 0 Å². The van der Waals surface area contributed by atoms with Crippen LogP contribution in [0.5, 0.6) is 0 Å². The molecule has 0 amide bonds. The molecule has 0 saturated heterocycles. The number of aliphatic hydroxyl groups excluding tert-OH is 6. The number of carboxylic acid groups (broad SMARTS) is 1. The van der Waals surface area contributed by atoms with E-state index in [2.05, 4.69) is 0 Å². The minimum absolute atomic E-state index is 0.174. The van der Waals surface area contributed by atoms with Gasteiger partial charge < -0.3 is 40.5 Å². The van der Waals surface area contributed by atoms with E-state index in [9.17, 15) is 35.1 Å². The van der Waals surface area contributed by atoms with Crippen molar-refractivity contribution in [1.29, 1.82) is 0 Å². The normalized spacial score (nSPS) is 18.9. The van der Waals surface area contributed by atoms with Gasteiger partial charge in [-0.05, 0) is 19.3 Å². The summed E-state index contributed by atoms with van der Waals surface area (Å²) in [6.07, 6.45) is -3.28. The first-order valence-corrected chi connectivity index (χ1v) is 8.74. The second kappa shape index (κ2) is 13.4. The molecule has 28 heavy (non-hydrogen) atoms. The minimum atomic E-state index is -1.82. The molecule has 0 aliphatic rings. The van der Waals surface area contributed by atoms with Crippen molar-refractivity contribution < 1.29 is 50.1 Å². The smallest absolute Gasteiger partial charge is 0.333 e. The van der Waals surface area contributed by atoms with Gasteiger partial charge in [-0.3, -0.25) is 4.79 Å². The zero-order valence-electron chi connectivity index (χ0n) is 15.9. The molecule has 7 N–H and O–H groups in total. The Morgan fingerprint density at radius 1 is 1.00 bits per heavy atom. The van der Waals surface area contributed by atoms with Crippen LogP contribution in [0.2, 0.25) is 0 Å². The van der Waals surface area contributed by atoms with E-state index in [-0.39, 0.29) is 17.9 Å². The lowest BCUT2D eigenvalue weighted by Gasteiger charge is -2.25. The average molecular weight is 406 g/mol. The van der Waals surface area contributed by atoms with Crippen molar-refractivity contribution in [3.05, 3.63) is 23.8 Å². The highest BCUT2D eigenvalue weighted by Gasteiger charge is 2.30. The van der Waals surface area contributed by atoms with E-state index in [0.29, 0.717) is 6.42 Å². The summed E-state index contributed by atoms with van der Waals surface area (Å²) in [5, 5.41) is 64.9. The van der Waals surface area contributed by atoms with Gasteiger partial charge in [0, 0.05) is 5.57 Å². The van der Waals surface area contributed by atoms with Gasteiger partial charge in [0.05, 0.1) is 19.1 Å². The van der Waals surface area contributed by atoms with Crippen molar-refractivity contribution >= 4 is 11.9 Å². The zero-order chi connectivity index (χ0) is 21.9. The Morgan fingerprint density at radius 2 is 1.57 bits per heavy atom. The van der Waals surface area contributed by atoms with Gasteiger partial charge in [0.25, 0.3) is 0 Å². The van der Waals surface area contributed by atoms with Gasteiger partial charge in [-0.1, -0.05) is 25.2 Å². The predicted octanol–water partition coefficient (Wildman–Crippen LogP) is -1.67. The van der Waals surface area contributed by atoms with E-state index in [0.717, 1.165) is 0 Å². The van der Waals surface area contributed by atoms with Crippen molar-refractivity contribution in [2.45, 2.75) is 57.2 Å². The fraction of sp³-hybridized carbons (Fsp3) is 0.667. The Hall–Kier alpha value is -1.82. The Labute approximate surface area is 163 Å². The first-order valence-electron chi connectivity index (χ1n) is 8.74. The molecule has 0 fully saturated rings. The lowest BCUT2D eigenvalue weighted by atomic mass is 9.98. The van der Waals surface area contributed by atoms with Gasteiger partial charge in [0.1, 0.15) is 31.0 Å². The number of esters is 1. The molecule has 0 heterocycles. The summed E-state index contributed by atoms with van der Waals surface area (Å²) in [5.74, 6) is -2.16. The topological polar surface area (TPSA) is 185 Å². The highest BCUT2D eigenvalue weighted by molar-refractivity contribution is 5.88. The number of ether oxygens (including phenoxy) is 1. The Kier molecular flexibility index (Phi) is 12.5. The standard InChI is InChI=1S/C18H30O10/c1-10(12(20)7-15(23)24)5-3-4-6-11(2)18(27)28-9-14(22)17(26)16(25)13(21)8-19/h3-4,6,10,12-14,16-17,19-22,25-26H,5,7-9H2,1-2H3,(H,23,24). The number of rotatable bonds is 13. The van der Waals surface area contributed by atoms with Crippen molar-refractivity contribution in [3.63, 3.8) is 0 Å². The van der Waals surface area contributed by atoms with Crippen LogP contribution in [-0.2, 0) is 14.3 Å². The SMILES string of the molecule is CC(=CC=CCC(C)C(O)CC(=O)O)C(=O)OCC(O)C(O)C(O)C(O)CO. The summed E-state index contributed by atoms with van der Waals surface area (Å²) in [5.41, 5.74) is 0.174. The van der Waals surface area contributed by atoms with Gasteiger partial charge in [-0.15, -0.1) is 0 Å². The van der Waals surface area contributed by atoms with Crippen LogP contribution in [0, 0.1) is 5.92 Å². The summed E-state index contributed by atoms with van der Waals surface area (Å²) in [6.45, 7) is 1.69. The van der Waals surface area contributed by atoms with Gasteiger partial charge in [0.15, 0.2) is 0 Å². The number of carbonyl (C=O) groups is 2. The van der Waals surface area contributed by atoms with Crippen LogP contribution in [0.25, 0.3) is 0 Å². The zero-order valence-corrected chi connectivity index (χ0v) is 15.9. The molecule has 0 aliphatic heterocycles. The maximum atomic E-state index is 11.8. The van der Waals surface area contributed by atoms with Gasteiger partial charge in [0.2, 0.25) is 0 Å². The third-order valence-corrected chi connectivity index (χ3v) is 4.06. The average Bonchev–Trinajstić information content (AvgIpc) is 2.65. The number of aliphatic carboxylic acids is 1. The predicted molar refractivity (Wildman–Crippen MR) is 97.0 cm³/mol. The molecule has 0 saturated carbocycles. The number of allylic oxidation sites excluding steroid dienone is 3. The van der Waals surface area contributed by atoms with E-state index in [1.165, 1.54) is 19.1 Å². The number of hydrogen-bond acceptors (Lipinski definition) is 9. The Morgan fingerprint density at radius 3 is 2.11 bits per heavy atom. The summed E-state index contributed by atoms with van der Waals surface area (Å²) in [4.78, 5) is 22.3. The molecule has 6 atom stereocenters. The van der Waals surface area contributed by atoms with Crippen LogP contribution in [-0.4, -0.2) is 91.4 Å². The summed E-state index contributed by atoms with van der Waals surface area (Å²) in [7, 11) is 0. The van der Waals surface area contributed by atoms with Gasteiger partial charge >= 0.3 is 11.9 Å². The molecule has 0 rings (SSSR count). The first kappa shape index (κ1) is 26.2. The molecule has 6 unspecified atom stereocenters. The molecular weight excluding hydrogens is 376 g/mol. The van der Waals surface area contributed by atoms with E-state index in [4.69, 9.17) is 14.9 Å². The van der Waals surface area contributed by atoms with E-state index >= 15 is 0 Å². The van der Waals surface area contributed by atoms with Crippen LogP contribution in [0.15, 0.2) is 23.8 Å². The summed E-state index contributed by atoms with van der Waals surface area (Å²) in [6, 6.07) is 0. The number of hydrogen-bond donors (Lipinski definition) is 7. The molecule has 0 aromatic heterocycles. The molecule has 10 nitrogen and oxygen atoms in total. The van der Waals surface area contributed by atoms with Crippen LogP contribution in [0.3, 0.4) is 0 Å². The molecule has 0 aliphatic carbocycles. The molecule has 0 spiro atoms. The highest BCUT2D eigenvalue weighted by atomic mass is 16.5. The highest BCUT2D eigenvalue weighted by Crippen LogP contribution is 2.12. The van der Waals surface area contributed by atoms with E-state index in [1.54, 1.807) is 13.0 Å². The molecule has 0 radical (unpaired) electrons. The number of carbonyl (C=O) groups excluding carboxylic acids is 1. The van der Waals surface area contributed by atoms with Crippen LogP contribution >= 0.6 is 0 Å². The lowest BCUT2D eigenvalue weighted by Crippen LogP contribution is -2.47. The minimum Gasteiger partial charge on any atom is -0.481 e. The number of aliphatic hydroxyl groups is 6. The molecule has 0 aromatic carbocycles. The lowest BCUT2D eigenvalue weighted by molar-refractivity contribution is -0.152. The van der Waals surface area contributed by atoms with Crippen molar-refractivity contribution in [3.8, 4) is 0 Å². The van der Waals surface area contributed by atoms with Gasteiger partial charge in [-0.2, -0.15) is 0 Å². The fourth-order valence-corrected chi connectivity index (χ4v) is 2.05. The fourth-order valence-electron chi connectivity index (χ4n) is 2.05. The third kappa shape index (κ3) is 9.93. The monoisotopic (exact) mass is 406 g/mol. The summed E-state index contributed by atoms with van der Waals surface area (Å²) < 4.78 is 4.80.